The van der Waals surface area contributed by atoms with Gasteiger partial charge in [-0.25, -0.2) is 5.10 Å². The first-order chi connectivity index (χ1) is 14.6. The smallest absolute Gasteiger partial charge is 0.246 e. The number of aryl methyl sites for hydroxylation is 1. The van der Waals surface area contributed by atoms with E-state index in [9.17, 15) is 0 Å². The van der Waals surface area contributed by atoms with Crippen molar-refractivity contribution in [2.45, 2.75) is 38.8 Å². The van der Waals surface area contributed by atoms with E-state index in [0.717, 1.165) is 50.5 Å². The molecule has 6 nitrogen and oxygen atoms in total. The third-order valence-electron chi connectivity index (χ3n) is 5.86. The second kappa shape index (κ2) is 9.49. The minimum Gasteiger partial charge on any atom is -0.368 e. The van der Waals surface area contributed by atoms with Crippen LogP contribution in [0.3, 0.4) is 0 Å². The number of hydrogen-bond acceptors (Lipinski definition) is 5. The topological polar surface area (TPSA) is 74.1 Å². The molecule has 30 heavy (non-hydrogen) atoms. The molecule has 0 saturated carbocycles. The lowest BCUT2D eigenvalue weighted by Gasteiger charge is -2.38. The van der Waals surface area contributed by atoms with Crippen molar-refractivity contribution in [3.8, 4) is 0 Å². The molecule has 158 valence electrons. The third-order valence-corrected chi connectivity index (χ3v) is 6.11. The zero-order valence-corrected chi connectivity index (χ0v) is 18.1. The predicted octanol–water partition coefficient (Wildman–Crippen LogP) is 4.06. The van der Waals surface area contributed by atoms with Gasteiger partial charge in [0, 0.05) is 37.2 Å². The van der Waals surface area contributed by atoms with Crippen LogP contribution in [0.15, 0.2) is 48.5 Å². The van der Waals surface area contributed by atoms with Crippen molar-refractivity contribution in [2.75, 3.05) is 30.3 Å². The minimum atomic E-state index is 0.371. The van der Waals surface area contributed by atoms with Gasteiger partial charge in [0.25, 0.3) is 0 Å². The second-order valence-corrected chi connectivity index (χ2v) is 8.51. The number of piperidine rings is 1. The maximum atomic E-state index is 6.05. The van der Waals surface area contributed by atoms with Crippen molar-refractivity contribution >= 4 is 23.5 Å². The molecule has 0 amide bonds. The number of hydrogen-bond donors (Lipinski definition) is 2. The van der Waals surface area contributed by atoms with Gasteiger partial charge in [0.2, 0.25) is 11.9 Å². The number of H-pyrrole nitrogens is 1. The molecule has 1 fully saturated rings. The summed E-state index contributed by atoms with van der Waals surface area (Å²) in [7, 11) is 0. The summed E-state index contributed by atoms with van der Waals surface area (Å²) in [5.74, 6) is 1.08. The summed E-state index contributed by atoms with van der Waals surface area (Å²) < 4.78 is 0. The molecule has 0 aliphatic carbocycles. The fourth-order valence-corrected chi connectivity index (χ4v) is 4.21. The summed E-state index contributed by atoms with van der Waals surface area (Å²) in [5, 5.41) is 7.73. The van der Waals surface area contributed by atoms with Gasteiger partial charge in [-0.1, -0.05) is 53.6 Å². The average Bonchev–Trinajstić information content (AvgIpc) is 3.20. The Morgan fingerprint density at radius 2 is 1.73 bits per heavy atom. The standard InChI is InChI=1S/C23H29ClN6/c1-17-2-4-19(5-3-17)16-30(13-10-18-6-8-20(24)9-7-18)21-11-14-29(15-12-21)23-26-22(25)27-28-23/h2-9,21H,10-16H2,1H3,(H3,25,26,27,28). The normalized spacial score (nSPS) is 15.1. The zero-order valence-electron chi connectivity index (χ0n) is 17.4. The van der Waals surface area contributed by atoms with E-state index in [2.05, 4.69) is 68.3 Å². The van der Waals surface area contributed by atoms with Crippen LogP contribution in [0.25, 0.3) is 0 Å². The van der Waals surface area contributed by atoms with Crippen LogP contribution in [0, 0.1) is 6.92 Å². The predicted molar refractivity (Wildman–Crippen MR) is 123 cm³/mol. The van der Waals surface area contributed by atoms with Crippen LogP contribution in [0.5, 0.6) is 0 Å². The van der Waals surface area contributed by atoms with Gasteiger partial charge >= 0.3 is 0 Å². The first kappa shape index (κ1) is 20.7. The van der Waals surface area contributed by atoms with E-state index < -0.39 is 0 Å². The van der Waals surface area contributed by atoms with E-state index in [-0.39, 0.29) is 0 Å². The molecule has 0 spiro atoms. The molecule has 0 bridgehead atoms. The molecule has 0 atom stereocenters. The van der Waals surface area contributed by atoms with Crippen LogP contribution in [0.2, 0.25) is 5.02 Å². The van der Waals surface area contributed by atoms with Crippen molar-refractivity contribution in [3.63, 3.8) is 0 Å². The van der Waals surface area contributed by atoms with Gasteiger partial charge < -0.3 is 10.6 Å². The highest BCUT2D eigenvalue weighted by molar-refractivity contribution is 6.30. The number of nitrogens with two attached hydrogens (primary N) is 1. The van der Waals surface area contributed by atoms with Crippen molar-refractivity contribution in [1.82, 2.24) is 20.1 Å². The molecule has 0 unspecified atom stereocenters. The molecule has 3 N–H and O–H groups in total. The van der Waals surface area contributed by atoms with Crippen LogP contribution >= 0.6 is 11.6 Å². The highest BCUT2D eigenvalue weighted by Gasteiger charge is 2.26. The molecule has 1 aliphatic rings. The van der Waals surface area contributed by atoms with Crippen molar-refractivity contribution < 1.29 is 0 Å². The third kappa shape index (κ3) is 5.32. The molecular weight excluding hydrogens is 396 g/mol. The summed E-state index contributed by atoms with van der Waals surface area (Å²) in [6.07, 6.45) is 3.18. The summed E-state index contributed by atoms with van der Waals surface area (Å²) in [5.41, 5.74) is 9.67. The molecule has 3 aromatic rings. The van der Waals surface area contributed by atoms with Gasteiger partial charge in [0.1, 0.15) is 0 Å². The first-order valence-corrected chi connectivity index (χ1v) is 10.9. The van der Waals surface area contributed by atoms with Crippen molar-refractivity contribution in [3.05, 3.63) is 70.2 Å². The fraction of sp³-hybridized carbons (Fsp3) is 0.391. The molecule has 1 saturated heterocycles. The minimum absolute atomic E-state index is 0.371. The van der Waals surface area contributed by atoms with Crippen LogP contribution in [-0.2, 0) is 13.0 Å². The van der Waals surface area contributed by atoms with Crippen LogP contribution in [0.1, 0.15) is 29.5 Å². The number of nitrogens with one attached hydrogen (secondary N) is 1. The summed E-state index contributed by atoms with van der Waals surface area (Å²) >= 11 is 6.05. The maximum absolute atomic E-state index is 6.05. The Bertz CT molecular complexity index is 929. The highest BCUT2D eigenvalue weighted by atomic mass is 35.5. The summed E-state index contributed by atoms with van der Waals surface area (Å²) in [4.78, 5) is 9.12. The van der Waals surface area contributed by atoms with Gasteiger partial charge in [-0.15, -0.1) is 5.10 Å². The average molecular weight is 425 g/mol. The molecule has 2 heterocycles. The molecule has 4 rings (SSSR count). The van der Waals surface area contributed by atoms with Gasteiger partial charge in [-0.05, 0) is 49.4 Å². The number of aromatic amines is 1. The molecule has 1 aliphatic heterocycles. The lowest BCUT2D eigenvalue weighted by Crippen LogP contribution is -2.45. The fourth-order valence-electron chi connectivity index (χ4n) is 4.08. The number of nitrogens with zero attached hydrogens (tertiary/aromatic N) is 4. The highest BCUT2D eigenvalue weighted by Crippen LogP contribution is 2.23. The maximum Gasteiger partial charge on any atom is 0.246 e. The van der Waals surface area contributed by atoms with Crippen molar-refractivity contribution in [1.29, 1.82) is 0 Å². The van der Waals surface area contributed by atoms with E-state index in [4.69, 9.17) is 17.3 Å². The summed E-state index contributed by atoms with van der Waals surface area (Å²) in [6.45, 7) is 5.99. The lowest BCUT2D eigenvalue weighted by molar-refractivity contribution is 0.162. The van der Waals surface area contributed by atoms with Gasteiger partial charge in [-0.3, -0.25) is 4.90 Å². The van der Waals surface area contributed by atoms with E-state index in [1.807, 2.05) is 12.1 Å². The quantitative estimate of drug-likeness (QED) is 0.598. The number of rotatable bonds is 7. The molecule has 2 aromatic carbocycles. The Kier molecular flexibility index (Phi) is 6.55. The molecule has 1 aromatic heterocycles. The first-order valence-electron chi connectivity index (χ1n) is 10.5. The Balaban J connectivity index is 1.42. The Hall–Kier alpha value is -2.57. The number of anilines is 2. The largest absolute Gasteiger partial charge is 0.368 e. The Morgan fingerprint density at radius 1 is 1.07 bits per heavy atom. The number of benzene rings is 2. The monoisotopic (exact) mass is 424 g/mol. The van der Waals surface area contributed by atoms with Crippen molar-refractivity contribution in [2.24, 2.45) is 0 Å². The Morgan fingerprint density at radius 3 is 2.37 bits per heavy atom. The van der Waals surface area contributed by atoms with E-state index in [1.165, 1.54) is 16.7 Å². The number of halogens is 1. The van der Waals surface area contributed by atoms with Crippen LogP contribution in [0.4, 0.5) is 11.9 Å². The van der Waals surface area contributed by atoms with Gasteiger partial charge in [0.15, 0.2) is 0 Å². The van der Waals surface area contributed by atoms with E-state index in [0.29, 0.717) is 17.9 Å². The van der Waals surface area contributed by atoms with Gasteiger partial charge in [0.05, 0.1) is 0 Å². The number of nitrogen functional groups attached to an aromatic ring is 1. The zero-order chi connectivity index (χ0) is 20.9. The van der Waals surface area contributed by atoms with E-state index in [1.54, 1.807) is 0 Å². The lowest BCUT2D eigenvalue weighted by atomic mass is 10.0. The molecule has 0 radical (unpaired) electrons. The SMILES string of the molecule is Cc1ccc(CN(CCc2ccc(Cl)cc2)C2CCN(c3n[nH]c(N)n3)CC2)cc1. The summed E-state index contributed by atoms with van der Waals surface area (Å²) in [6, 6.07) is 17.6. The number of aromatic nitrogens is 3. The van der Waals surface area contributed by atoms with Gasteiger partial charge in [-0.2, -0.15) is 4.98 Å². The Labute approximate surface area is 183 Å². The van der Waals surface area contributed by atoms with Crippen LogP contribution in [-0.4, -0.2) is 45.8 Å². The molecular formula is C23H29ClN6. The van der Waals surface area contributed by atoms with E-state index >= 15 is 0 Å². The van der Waals surface area contributed by atoms with Crippen LogP contribution < -0.4 is 10.6 Å². The molecule has 7 heteroatoms. The second-order valence-electron chi connectivity index (χ2n) is 8.07.